The van der Waals surface area contributed by atoms with Gasteiger partial charge in [0.05, 0.1) is 12.5 Å². The van der Waals surface area contributed by atoms with E-state index in [4.69, 9.17) is 4.74 Å². The molecular weight excluding hydrogens is 264 g/mol. The monoisotopic (exact) mass is 284 g/mol. The lowest BCUT2D eigenvalue weighted by Crippen LogP contribution is -2.33. The van der Waals surface area contributed by atoms with Gasteiger partial charge in [0.25, 0.3) is 0 Å². The van der Waals surface area contributed by atoms with Crippen LogP contribution in [0, 0.1) is 0 Å². The summed E-state index contributed by atoms with van der Waals surface area (Å²) in [6.45, 7) is 4.13. The van der Waals surface area contributed by atoms with Gasteiger partial charge in [0.15, 0.2) is 0 Å². The maximum Gasteiger partial charge on any atom is 0.309 e. The summed E-state index contributed by atoms with van der Waals surface area (Å²) in [7, 11) is 0. The highest BCUT2D eigenvalue weighted by Crippen LogP contribution is 2.35. The molecule has 1 saturated heterocycles. The molecule has 1 aliphatic carbocycles. The molecule has 1 aliphatic heterocycles. The van der Waals surface area contributed by atoms with E-state index >= 15 is 0 Å². The van der Waals surface area contributed by atoms with Crippen LogP contribution in [0.5, 0.6) is 0 Å². The second kappa shape index (κ2) is 5.86. The highest BCUT2D eigenvalue weighted by Gasteiger charge is 2.30. The van der Waals surface area contributed by atoms with E-state index in [1.54, 1.807) is 0 Å². The number of aliphatic hydroxyl groups excluding tert-OH is 1. The standard InChI is InChI=1S/C18H20O3/c1-12(17-10-14(19)11-18(20)21-17)15-8-4-5-9-16(15)13-6-2-3-7-13/h4-6,8-9,14,17,19H,1-3,7,10-11H2. The maximum absolute atomic E-state index is 11.5. The normalized spacial score (nSPS) is 25.4. The van der Waals surface area contributed by atoms with Gasteiger partial charge in [-0.05, 0) is 41.5 Å². The third-order valence-electron chi connectivity index (χ3n) is 4.21. The average Bonchev–Trinajstić information content (AvgIpc) is 2.99. The van der Waals surface area contributed by atoms with Crippen LogP contribution >= 0.6 is 0 Å². The Morgan fingerprint density at radius 1 is 1.33 bits per heavy atom. The minimum absolute atomic E-state index is 0.0799. The summed E-state index contributed by atoms with van der Waals surface area (Å²) in [5.41, 5.74) is 4.33. The Morgan fingerprint density at radius 3 is 2.86 bits per heavy atom. The summed E-state index contributed by atoms with van der Waals surface area (Å²) >= 11 is 0. The molecule has 2 unspecified atom stereocenters. The average molecular weight is 284 g/mol. The summed E-state index contributed by atoms with van der Waals surface area (Å²) in [6.07, 6.45) is 5.11. The highest BCUT2D eigenvalue weighted by atomic mass is 16.5. The number of allylic oxidation sites excluding steroid dienone is 2. The van der Waals surface area contributed by atoms with Gasteiger partial charge in [-0.2, -0.15) is 0 Å². The van der Waals surface area contributed by atoms with Gasteiger partial charge in [-0.25, -0.2) is 0 Å². The van der Waals surface area contributed by atoms with Crippen molar-refractivity contribution in [2.45, 2.75) is 44.3 Å². The molecule has 0 saturated carbocycles. The molecule has 1 N–H and O–H groups in total. The van der Waals surface area contributed by atoms with Gasteiger partial charge in [0.1, 0.15) is 6.10 Å². The number of hydrogen-bond donors (Lipinski definition) is 1. The third-order valence-corrected chi connectivity index (χ3v) is 4.21. The summed E-state index contributed by atoms with van der Waals surface area (Å²) in [5.74, 6) is -0.350. The van der Waals surface area contributed by atoms with Crippen molar-refractivity contribution in [3.63, 3.8) is 0 Å². The van der Waals surface area contributed by atoms with Crippen molar-refractivity contribution in [3.05, 3.63) is 48.0 Å². The molecule has 21 heavy (non-hydrogen) atoms. The Labute approximate surface area is 124 Å². The lowest BCUT2D eigenvalue weighted by Gasteiger charge is -2.28. The van der Waals surface area contributed by atoms with Crippen LogP contribution in [0.3, 0.4) is 0 Å². The molecule has 1 fully saturated rings. The van der Waals surface area contributed by atoms with Gasteiger partial charge in [-0.3, -0.25) is 4.79 Å². The number of rotatable bonds is 3. The molecule has 0 spiro atoms. The summed E-state index contributed by atoms with van der Waals surface area (Å²) in [5, 5.41) is 9.77. The van der Waals surface area contributed by atoms with Gasteiger partial charge < -0.3 is 9.84 Å². The SMILES string of the molecule is C=C(c1ccccc1C1=CCCC1)C1CC(O)CC(=O)O1. The molecule has 1 aromatic carbocycles. The zero-order chi connectivity index (χ0) is 14.8. The number of esters is 1. The Bertz CT molecular complexity index is 600. The van der Waals surface area contributed by atoms with Crippen molar-refractivity contribution < 1.29 is 14.6 Å². The minimum atomic E-state index is -0.633. The Morgan fingerprint density at radius 2 is 2.14 bits per heavy atom. The van der Waals surface area contributed by atoms with Crippen LogP contribution < -0.4 is 0 Å². The number of aliphatic hydroxyl groups is 1. The van der Waals surface area contributed by atoms with E-state index in [9.17, 15) is 9.90 Å². The molecule has 3 nitrogen and oxygen atoms in total. The van der Waals surface area contributed by atoms with E-state index in [2.05, 4.69) is 18.7 Å². The molecule has 3 heteroatoms. The van der Waals surface area contributed by atoms with Gasteiger partial charge in [-0.1, -0.05) is 36.9 Å². The lowest BCUT2D eigenvalue weighted by molar-refractivity contribution is -0.155. The van der Waals surface area contributed by atoms with Crippen molar-refractivity contribution in [2.24, 2.45) is 0 Å². The number of carbonyl (C=O) groups is 1. The van der Waals surface area contributed by atoms with Crippen LogP contribution in [-0.2, 0) is 9.53 Å². The molecule has 2 atom stereocenters. The Balaban J connectivity index is 1.89. The third kappa shape index (κ3) is 2.93. The first-order valence-electron chi connectivity index (χ1n) is 7.50. The van der Waals surface area contributed by atoms with Crippen LogP contribution in [0.15, 0.2) is 36.9 Å². The first kappa shape index (κ1) is 14.1. The van der Waals surface area contributed by atoms with E-state index in [0.717, 1.165) is 24.0 Å². The van der Waals surface area contributed by atoms with Gasteiger partial charge in [-0.15, -0.1) is 0 Å². The summed E-state index contributed by atoms with van der Waals surface area (Å²) in [6, 6.07) is 8.11. The van der Waals surface area contributed by atoms with Crippen LogP contribution in [0.2, 0.25) is 0 Å². The number of ether oxygens (including phenoxy) is 1. The number of carbonyl (C=O) groups excluding carboxylic acids is 1. The smallest absolute Gasteiger partial charge is 0.309 e. The fraction of sp³-hybridized carbons (Fsp3) is 0.389. The predicted octanol–water partition coefficient (Wildman–Crippen LogP) is 3.33. The minimum Gasteiger partial charge on any atom is -0.457 e. The van der Waals surface area contributed by atoms with Crippen molar-refractivity contribution in [1.82, 2.24) is 0 Å². The van der Waals surface area contributed by atoms with E-state index in [1.807, 2.05) is 18.2 Å². The van der Waals surface area contributed by atoms with E-state index in [1.165, 1.54) is 17.6 Å². The number of benzene rings is 1. The number of hydrogen-bond acceptors (Lipinski definition) is 3. The van der Waals surface area contributed by atoms with Crippen LogP contribution in [0.4, 0.5) is 0 Å². The molecule has 1 heterocycles. The summed E-state index contributed by atoms with van der Waals surface area (Å²) < 4.78 is 5.37. The molecule has 0 radical (unpaired) electrons. The zero-order valence-corrected chi connectivity index (χ0v) is 12.0. The van der Waals surface area contributed by atoms with E-state index in [0.29, 0.717) is 6.42 Å². The first-order chi connectivity index (χ1) is 10.1. The molecule has 110 valence electrons. The molecule has 0 aromatic heterocycles. The van der Waals surface area contributed by atoms with Crippen molar-refractivity contribution in [3.8, 4) is 0 Å². The molecule has 2 aliphatic rings. The van der Waals surface area contributed by atoms with Crippen molar-refractivity contribution in [1.29, 1.82) is 0 Å². The highest BCUT2D eigenvalue weighted by molar-refractivity contribution is 5.82. The van der Waals surface area contributed by atoms with Crippen molar-refractivity contribution in [2.75, 3.05) is 0 Å². The van der Waals surface area contributed by atoms with Gasteiger partial charge >= 0.3 is 5.97 Å². The Kier molecular flexibility index (Phi) is 3.93. The first-order valence-corrected chi connectivity index (χ1v) is 7.50. The van der Waals surface area contributed by atoms with Gasteiger partial charge in [0.2, 0.25) is 0 Å². The second-order valence-corrected chi connectivity index (χ2v) is 5.76. The Hall–Kier alpha value is -1.87. The molecular formula is C18H20O3. The fourth-order valence-corrected chi connectivity index (χ4v) is 3.12. The fourth-order valence-electron chi connectivity index (χ4n) is 3.12. The van der Waals surface area contributed by atoms with E-state index in [-0.39, 0.29) is 12.4 Å². The quantitative estimate of drug-likeness (QED) is 0.866. The topological polar surface area (TPSA) is 46.5 Å². The van der Waals surface area contributed by atoms with Gasteiger partial charge in [0, 0.05) is 6.42 Å². The van der Waals surface area contributed by atoms with Crippen LogP contribution in [-0.4, -0.2) is 23.3 Å². The zero-order valence-electron chi connectivity index (χ0n) is 12.0. The molecule has 3 rings (SSSR count). The maximum atomic E-state index is 11.5. The van der Waals surface area contributed by atoms with Crippen molar-refractivity contribution >= 4 is 17.1 Å². The second-order valence-electron chi connectivity index (χ2n) is 5.76. The predicted molar refractivity (Wildman–Crippen MR) is 82.4 cm³/mol. The summed E-state index contributed by atoms with van der Waals surface area (Å²) in [4.78, 5) is 11.5. The molecule has 0 bridgehead atoms. The van der Waals surface area contributed by atoms with Crippen LogP contribution in [0.25, 0.3) is 11.1 Å². The number of cyclic esters (lactones) is 1. The molecule has 0 amide bonds. The van der Waals surface area contributed by atoms with Crippen LogP contribution in [0.1, 0.15) is 43.2 Å². The lowest BCUT2D eigenvalue weighted by atomic mass is 9.89. The molecule has 1 aromatic rings. The largest absolute Gasteiger partial charge is 0.457 e. The van der Waals surface area contributed by atoms with E-state index < -0.39 is 12.2 Å².